The highest BCUT2D eigenvalue weighted by molar-refractivity contribution is 7.07. The monoisotopic (exact) mass is 609 g/mol. The van der Waals surface area contributed by atoms with Gasteiger partial charge in [-0.2, -0.15) is 0 Å². The van der Waals surface area contributed by atoms with E-state index in [1.54, 1.807) is 36.6 Å². The third-order valence-corrected chi connectivity index (χ3v) is 8.87. The third-order valence-electron chi connectivity index (χ3n) is 7.15. The van der Waals surface area contributed by atoms with Gasteiger partial charge in [-0.3, -0.25) is 9.36 Å². The molecule has 11 heteroatoms. The second-order valence-electron chi connectivity index (χ2n) is 9.68. The number of fused-ring (bicyclic) bond motifs is 2. The van der Waals surface area contributed by atoms with Gasteiger partial charge in [-0.15, -0.1) is 0 Å². The summed E-state index contributed by atoms with van der Waals surface area (Å²) in [6.07, 6.45) is 1.86. The van der Waals surface area contributed by atoms with E-state index in [9.17, 15) is 9.59 Å². The molecule has 1 atom stereocenters. The number of hydrogen-bond acceptors (Lipinski definition) is 7. The summed E-state index contributed by atoms with van der Waals surface area (Å²) in [4.78, 5) is 32.4. The average Bonchev–Trinajstić information content (AvgIpc) is 3.60. The van der Waals surface area contributed by atoms with Gasteiger partial charge in [-0.05, 0) is 81.3 Å². The first-order valence-electron chi connectivity index (χ1n) is 12.9. The first-order valence-corrected chi connectivity index (χ1v) is 14.5. The molecular weight excluding hydrogens is 585 g/mol. The molecule has 6 rings (SSSR count). The minimum atomic E-state index is -0.745. The van der Waals surface area contributed by atoms with Gasteiger partial charge in [0, 0.05) is 17.1 Å². The smallest absolute Gasteiger partial charge is 0.338 e. The van der Waals surface area contributed by atoms with Crippen LogP contribution in [0.25, 0.3) is 11.8 Å². The van der Waals surface area contributed by atoms with Crippen molar-refractivity contribution in [3.8, 4) is 17.2 Å². The van der Waals surface area contributed by atoms with Crippen molar-refractivity contribution in [2.45, 2.75) is 33.7 Å². The molecule has 0 spiro atoms. The summed E-state index contributed by atoms with van der Waals surface area (Å²) >= 11 is 13.7. The number of benzene rings is 2. The lowest BCUT2D eigenvalue weighted by Crippen LogP contribution is -2.39. The van der Waals surface area contributed by atoms with Crippen molar-refractivity contribution in [2.24, 2.45) is 4.99 Å². The summed E-state index contributed by atoms with van der Waals surface area (Å²) in [7, 11) is 0. The second kappa shape index (κ2) is 10.6. The lowest BCUT2D eigenvalue weighted by Gasteiger charge is -2.24. The number of hydrogen-bond donors (Lipinski definition) is 0. The lowest BCUT2D eigenvalue weighted by atomic mass is 9.95. The number of esters is 1. The van der Waals surface area contributed by atoms with Crippen molar-refractivity contribution >= 4 is 46.6 Å². The molecule has 210 valence electrons. The minimum absolute atomic E-state index is 0.113. The van der Waals surface area contributed by atoms with Crippen molar-refractivity contribution in [1.29, 1.82) is 0 Å². The molecule has 4 aromatic rings. The van der Waals surface area contributed by atoms with Crippen molar-refractivity contribution in [2.75, 3.05) is 13.4 Å². The molecule has 2 aromatic carbocycles. The summed E-state index contributed by atoms with van der Waals surface area (Å²) in [6, 6.07) is 12.2. The Hall–Kier alpha value is -3.79. The molecule has 2 aliphatic rings. The van der Waals surface area contributed by atoms with Crippen LogP contribution < -0.4 is 24.4 Å². The maximum absolute atomic E-state index is 14.0. The molecule has 0 bridgehead atoms. The molecule has 0 amide bonds. The van der Waals surface area contributed by atoms with Crippen molar-refractivity contribution < 1.29 is 19.0 Å². The van der Waals surface area contributed by atoms with Crippen LogP contribution in [0.4, 0.5) is 0 Å². The third kappa shape index (κ3) is 4.67. The summed E-state index contributed by atoms with van der Waals surface area (Å²) in [5.74, 6) is 0.643. The topological polar surface area (TPSA) is 84.1 Å². The molecule has 0 fully saturated rings. The predicted molar refractivity (Wildman–Crippen MR) is 158 cm³/mol. The summed E-state index contributed by atoms with van der Waals surface area (Å²) in [5.41, 5.74) is 4.88. The fraction of sp³-hybridized carbons (Fsp3) is 0.233. The summed E-state index contributed by atoms with van der Waals surface area (Å²) < 4.78 is 20.6. The predicted octanol–water partition coefficient (Wildman–Crippen LogP) is 5.24. The van der Waals surface area contributed by atoms with E-state index >= 15 is 0 Å². The van der Waals surface area contributed by atoms with Gasteiger partial charge in [0.25, 0.3) is 5.56 Å². The van der Waals surface area contributed by atoms with E-state index in [-0.39, 0.29) is 19.0 Å². The van der Waals surface area contributed by atoms with Crippen LogP contribution in [0.3, 0.4) is 0 Å². The molecule has 0 saturated carbocycles. The molecular formula is C30H25Cl2N3O5S. The van der Waals surface area contributed by atoms with Gasteiger partial charge in [0.1, 0.15) is 0 Å². The minimum Gasteiger partial charge on any atom is -0.463 e. The van der Waals surface area contributed by atoms with Crippen molar-refractivity contribution in [3.63, 3.8) is 0 Å². The van der Waals surface area contributed by atoms with Gasteiger partial charge >= 0.3 is 5.97 Å². The van der Waals surface area contributed by atoms with Crippen LogP contribution in [0, 0.1) is 13.8 Å². The van der Waals surface area contributed by atoms with E-state index in [1.165, 1.54) is 11.3 Å². The summed E-state index contributed by atoms with van der Waals surface area (Å²) in [5, 5.41) is 0.941. The highest BCUT2D eigenvalue weighted by Crippen LogP contribution is 2.38. The van der Waals surface area contributed by atoms with Gasteiger partial charge in [0.15, 0.2) is 16.3 Å². The van der Waals surface area contributed by atoms with Crippen LogP contribution in [0.5, 0.6) is 11.5 Å². The number of ether oxygens (including phenoxy) is 3. The quantitative estimate of drug-likeness (QED) is 0.289. The van der Waals surface area contributed by atoms with Gasteiger partial charge < -0.3 is 18.8 Å². The molecule has 0 radical (unpaired) electrons. The Morgan fingerprint density at radius 1 is 1.10 bits per heavy atom. The molecule has 2 aliphatic heterocycles. The first kappa shape index (κ1) is 27.4. The van der Waals surface area contributed by atoms with Gasteiger partial charge in [-0.25, -0.2) is 9.79 Å². The summed E-state index contributed by atoms with van der Waals surface area (Å²) in [6.45, 7) is 7.78. The van der Waals surface area contributed by atoms with Crippen LogP contribution in [-0.2, 0) is 9.53 Å². The SMILES string of the molecule is CCOC(=O)C1=C(C)N=c2s/c(=C/c3cc(C)n(-c4ccc(Cl)c(Cl)c4)c3C)c(=O)n2[C@@H]1c1ccc2c(c1)OCO2. The Morgan fingerprint density at radius 3 is 2.63 bits per heavy atom. The van der Waals surface area contributed by atoms with Crippen LogP contribution in [-0.4, -0.2) is 28.5 Å². The Bertz CT molecular complexity index is 1950. The Morgan fingerprint density at radius 2 is 1.88 bits per heavy atom. The number of rotatable bonds is 5. The Balaban J connectivity index is 1.52. The number of allylic oxidation sites excluding steroid dienone is 1. The van der Waals surface area contributed by atoms with Crippen molar-refractivity contribution in [3.05, 3.63) is 106 Å². The molecule has 8 nitrogen and oxygen atoms in total. The zero-order chi connectivity index (χ0) is 29.0. The van der Waals surface area contributed by atoms with E-state index in [1.807, 2.05) is 44.2 Å². The lowest BCUT2D eigenvalue weighted by molar-refractivity contribution is -0.139. The van der Waals surface area contributed by atoms with Gasteiger partial charge in [0.05, 0.1) is 38.5 Å². The zero-order valence-corrected chi connectivity index (χ0v) is 25.0. The number of nitrogens with zero attached hydrogens (tertiary/aromatic N) is 3. The van der Waals surface area contributed by atoms with E-state index in [0.717, 1.165) is 22.6 Å². The fourth-order valence-corrected chi connectivity index (χ4v) is 6.62. The largest absolute Gasteiger partial charge is 0.463 e. The van der Waals surface area contributed by atoms with Crippen LogP contribution >= 0.6 is 34.5 Å². The fourth-order valence-electron chi connectivity index (χ4n) is 5.29. The average molecular weight is 611 g/mol. The number of aromatic nitrogens is 2. The highest BCUT2D eigenvalue weighted by Gasteiger charge is 2.34. The second-order valence-corrected chi connectivity index (χ2v) is 11.5. The van der Waals surface area contributed by atoms with Crippen LogP contribution in [0.15, 0.2) is 63.5 Å². The van der Waals surface area contributed by atoms with E-state index in [4.69, 9.17) is 37.4 Å². The molecule has 0 unspecified atom stereocenters. The Labute approximate surface area is 249 Å². The Kier molecular flexibility index (Phi) is 7.05. The highest BCUT2D eigenvalue weighted by atomic mass is 35.5. The van der Waals surface area contributed by atoms with Crippen molar-refractivity contribution in [1.82, 2.24) is 9.13 Å². The number of carbonyl (C=O) groups excluding carboxylic acids is 1. The standard InChI is InChI=1S/C30H25Cl2N3O5S/c1-5-38-29(37)26-16(3)33-30-35(27(26)18-6-9-23-24(11-18)40-14-39-23)28(36)25(41-30)12-19-10-15(2)34(17(19)4)20-7-8-21(31)22(32)13-20/h6-13,27H,5,14H2,1-4H3/b25-12+/t27-/m1/s1. The molecule has 4 heterocycles. The maximum atomic E-state index is 14.0. The molecule has 2 aromatic heterocycles. The molecule has 0 aliphatic carbocycles. The number of carbonyl (C=O) groups is 1. The number of aryl methyl sites for hydroxylation is 1. The van der Waals surface area contributed by atoms with E-state index in [0.29, 0.717) is 47.7 Å². The van der Waals surface area contributed by atoms with E-state index < -0.39 is 12.0 Å². The van der Waals surface area contributed by atoms with Crippen LogP contribution in [0.2, 0.25) is 10.0 Å². The first-order chi connectivity index (χ1) is 19.7. The normalized spacial score (nSPS) is 16.1. The van der Waals surface area contributed by atoms with Crippen LogP contribution in [0.1, 0.15) is 42.4 Å². The van der Waals surface area contributed by atoms with E-state index in [2.05, 4.69) is 9.56 Å². The zero-order valence-electron chi connectivity index (χ0n) is 22.7. The molecule has 0 N–H and O–H groups in total. The number of halogens is 2. The van der Waals surface area contributed by atoms with Gasteiger partial charge in [0.2, 0.25) is 6.79 Å². The maximum Gasteiger partial charge on any atom is 0.338 e. The van der Waals surface area contributed by atoms with Gasteiger partial charge in [-0.1, -0.05) is 40.6 Å². The molecule has 0 saturated heterocycles. The number of thiazole rings is 1. The molecule has 41 heavy (non-hydrogen) atoms.